The summed E-state index contributed by atoms with van der Waals surface area (Å²) in [6.07, 6.45) is 7.03. The predicted molar refractivity (Wildman–Crippen MR) is 67.7 cm³/mol. The van der Waals surface area contributed by atoms with E-state index in [2.05, 4.69) is 41.9 Å². The summed E-state index contributed by atoms with van der Waals surface area (Å²) in [5, 5.41) is 8.06. The topological polar surface area (TPSA) is 29.9 Å². The van der Waals surface area contributed by atoms with E-state index in [1.54, 1.807) is 0 Å². The molecule has 3 atom stereocenters. The van der Waals surface area contributed by atoms with Gasteiger partial charge in [-0.05, 0) is 32.1 Å². The Morgan fingerprint density at radius 1 is 1.56 bits per heavy atom. The van der Waals surface area contributed by atoms with Crippen LogP contribution >= 0.6 is 0 Å². The summed E-state index contributed by atoms with van der Waals surface area (Å²) in [4.78, 5) is 0. The minimum absolute atomic E-state index is 0.481. The molecule has 0 aliphatic heterocycles. The number of nitrogens with zero attached hydrogens (tertiary/aromatic N) is 2. The highest BCUT2D eigenvalue weighted by Gasteiger charge is 2.24. The summed E-state index contributed by atoms with van der Waals surface area (Å²) in [7, 11) is 0. The maximum Gasteiger partial charge on any atom is 0.124 e. The monoisotopic (exact) mass is 221 g/mol. The van der Waals surface area contributed by atoms with E-state index in [4.69, 9.17) is 0 Å². The van der Waals surface area contributed by atoms with Crippen molar-refractivity contribution in [3.05, 3.63) is 12.3 Å². The zero-order chi connectivity index (χ0) is 11.5. The van der Waals surface area contributed by atoms with Crippen LogP contribution in [0.25, 0.3) is 0 Å². The smallest absolute Gasteiger partial charge is 0.124 e. The Kier molecular flexibility index (Phi) is 3.52. The Morgan fingerprint density at radius 2 is 2.38 bits per heavy atom. The first-order valence-electron chi connectivity index (χ1n) is 6.52. The van der Waals surface area contributed by atoms with Crippen molar-refractivity contribution >= 4 is 5.82 Å². The molecule has 1 aromatic rings. The fourth-order valence-electron chi connectivity index (χ4n) is 2.50. The first-order valence-corrected chi connectivity index (χ1v) is 6.52. The van der Waals surface area contributed by atoms with Crippen LogP contribution in [-0.2, 0) is 0 Å². The second kappa shape index (κ2) is 4.89. The standard InChI is InChI=1S/C13H23N3/c1-4-11(3)16-13(8-9-14-16)15-12-7-5-6-10(12)2/h8-12,15H,4-7H2,1-3H3. The summed E-state index contributed by atoms with van der Waals surface area (Å²) in [5.74, 6) is 1.98. The lowest BCUT2D eigenvalue weighted by Crippen LogP contribution is -2.24. The fourth-order valence-corrected chi connectivity index (χ4v) is 2.50. The lowest BCUT2D eigenvalue weighted by Gasteiger charge is -2.21. The lowest BCUT2D eigenvalue weighted by molar-refractivity contribution is 0.474. The molecule has 0 bridgehead atoms. The van der Waals surface area contributed by atoms with Crippen LogP contribution in [0.1, 0.15) is 52.5 Å². The third-order valence-electron chi connectivity index (χ3n) is 3.87. The van der Waals surface area contributed by atoms with Gasteiger partial charge in [-0.3, -0.25) is 0 Å². The van der Waals surface area contributed by atoms with Gasteiger partial charge in [-0.2, -0.15) is 5.10 Å². The van der Waals surface area contributed by atoms with E-state index in [1.165, 1.54) is 25.1 Å². The van der Waals surface area contributed by atoms with E-state index in [9.17, 15) is 0 Å². The van der Waals surface area contributed by atoms with Crippen molar-refractivity contribution in [2.45, 2.75) is 58.5 Å². The molecule has 0 amide bonds. The van der Waals surface area contributed by atoms with Crippen molar-refractivity contribution in [2.75, 3.05) is 5.32 Å². The molecule has 0 aromatic carbocycles. The Morgan fingerprint density at radius 3 is 3.00 bits per heavy atom. The average molecular weight is 221 g/mol. The van der Waals surface area contributed by atoms with Crippen molar-refractivity contribution < 1.29 is 0 Å². The molecule has 3 nitrogen and oxygen atoms in total. The molecule has 3 heteroatoms. The molecule has 1 heterocycles. The molecule has 1 fully saturated rings. The second-order valence-electron chi connectivity index (χ2n) is 5.08. The van der Waals surface area contributed by atoms with E-state index >= 15 is 0 Å². The molecule has 1 N–H and O–H groups in total. The average Bonchev–Trinajstić information content (AvgIpc) is 2.88. The van der Waals surface area contributed by atoms with Gasteiger partial charge >= 0.3 is 0 Å². The van der Waals surface area contributed by atoms with Gasteiger partial charge in [0.1, 0.15) is 5.82 Å². The van der Waals surface area contributed by atoms with Crippen molar-refractivity contribution in [3.8, 4) is 0 Å². The first kappa shape index (κ1) is 11.5. The number of hydrogen-bond acceptors (Lipinski definition) is 2. The highest BCUT2D eigenvalue weighted by atomic mass is 15.3. The largest absolute Gasteiger partial charge is 0.367 e. The number of aromatic nitrogens is 2. The molecule has 3 unspecified atom stereocenters. The highest BCUT2D eigenvalue weighted by molar-refractivity contribution is 5.36. The lowest BCUT2D eigenvalue weighted by atomic mass is 10.1. The summed E-state index contributed by atoms with van der Waals surface area (Å²) in [6, 6.07) is 3.21. The van der Waals surface area contributed by atoms with E-state index in [-0.39, 0.29) is 0 Å². The third kappa shape index (κ3) is 2.23. The molecule has 2 rings (SSSR count). The molecule has 1 aliphatic rings. The van der Waals surface area contributed by atoms with Crippen LogP contribution in [0, 0.1) is 5.92 Å². The summed E-state index contributed by atoms with van der Waals surface area (Å²) in [6.45, 7) is 6.76. The van der Waals surface area contributed by atoms with E-state index in [0.717, 1.165) is 12.3 Å². The number of hydrogen-bond donors (Lipinski definition) is 1. The number of rotatable bonds is 4. The Bertz CT molecular complexity index is 332. The van der Waals surface area contributed by atoms with Crippen molar-refractivity contribution in [1.82, 2.24) is 9.78 Å². The van der Waals surface area contributed by atoms with E-state index < -0.39 is 0 Å². The zero-order valence-electron chi connectivity index (χ0n) is 10.6. The van der Waals surface area contributed by atoms with Gasteiger partial charge in [-0.15, -0.1) is 0 Å². The van der Waals surface area contributed by atoms with Crippen LogP contribution in [0.15, 0.2) is 12.3 Å². The molecule has 0 saturated heterocycles. The zero-order valence-corrected chi connectivity index (χ0v) is 10.6. The van der Waals surface area contributed by atoms with Crippen LogP contribution in [0.2, 0.25) is 0 Å². The van der Waals surface area contributed by atoms with Gasteiger partial charge in [0.05, 0.1) is 12.2 Å². The van der Waals surface area contributed by atoms with Gasteiger partial charge in [-0.25, -0.2) is 4.68 Å². The summed E-state index contributed by atoms with van der Waals surface area (Å²) < 4.78 is 2.12. The number of anilines is 1. The second-order valence-corrected chi connectivity index (χ2v) is 5.08. The SMILES string of the molecule is CCC(C)n1nccc1NC1CCCC1C. The van der Waals surface area contributed by atoms with Crippen molar-refractivity contribution in [2.24, 2.45) is 5.92 Å². The van der Waals surface area contributed by atoms with Gasteiger partial charge in [0.2, 0.25) is 0 Å². The maximum absolute atomic E-state index is 4.41. The van der Waals surface area contributed by atoms with Crippen LogP contribution in [0.3, 0.4) is 0 Å². The van der Waals surface area contributed by atoms with Gasteiger partial charge in [0, 0.05) is 12.1 Å². The maximum atomic E-state index is 4.41. The van der Waals surface area contributed by atoms with Gasteiger partial charge in [-0.1, -0.05) is 20.3 Å². The van der Waals surface area contributed by atoms with Gasteiger partial charge in [0.15, 0.2) is 0 Å². The normalized spacial score (nSPS) is 26.9. The third-order valence-corrected chi connectivity index (χ3v) is 3.87. The van der Waals surface area contributed by atoms with Crippen LogP contribution < -0.4 is 5.32 Å². The van der Waals surface area contributed by atoms with Crippen molar-refractivity contribution in [3.63, 3.8) is 0 Å². The molecular weight excluding hydrogens is 198 g/mol. The molecule has 1 aromatic heterocycles. The van der Waals surface area contributed by atoms with Gasteiger partial charge in [0.25, 0.3) is 0 Å². The Balaban J connectivity index is 2.06. The molecule has 90 valence electrons. The van der Waals surface area contributed by atoms with Crippen LogP contribution in [0.4, 0.5) is 5.82 Å². The summed E-state index contributed by atoms with van der Waals surface area (Å²) in [5.41, 5.74) is 0. The predicted octanol–water partition coefficient (Wildman–Crippen LogP) is 3.45. The highest BCUT2D eigenvalue weighted by Crippen LogP contribution is 2.28. The fraction of sp³-hybridized carbons (Fsp3) is 0.769. The minimum Gasteiger partial charge on any atom is -0.367 e. The quantitative estimate of drug-likeness (QED) is 0.844. The Hall–Kier alpha value is -0.990. The van der Waals surface area contributed by atoms with E-state index in [0.29, 0.717) is 12.1 Å². The van der Waals surface area contributed by atoms with E-state index in [1.807, 2.05) is 6.20 Å². The molecule has 16 heavy (non-hydrogen) atoms. The molecule has 0 spiro atoms. The number of nitrogens with one attached hydrogen (secondary N) is 1. The van der Waals surface area contributed by atoms with Crippen LogP contribution in [-0.4, -0.2) is 15.8 Å². The minimum atomic E-state index is 0.481. The first-order chi connectivity index (χ1) is 7.72. The molecular formula is C13H23N3. The van der Waals surface area contributed by atoms with Crippen LogP contribution in [0.5, 0.6) is 0 Å². The molecule has 1 aliphatic carbocycles. The Labute approximate surface area is 98.2 Å². The summed E-state index contributed by atoms with van der Waals surface area (Å²) >= 11 is 0. The van der Waals surface area contributed by atoms with Gasteiger partial charge < -0.3 is 5.32 Å². The molecule has 0 radical (unpaired) electrons. The van der Waals surface area contributed by atoms with Crippen molar-refractivity contribution in [1.29, 1.82) is 0 Å². The molecule has 1 saturated carbocycles.